The van der Waals surface area contributed by atoms with Gasteiger partial charge in [0.2, 0.25) is 5.91 Å². The van der Waals surface area contributed by atoms with E-state index >= 15 is 0 Å². The molecule has 0 aromatic heterocycles. The number of nitrogens with one attached hydrogen (secondary N) is 2. The van der Waals surface area contributed by atoms with Crippen molar-refractivity contribution in [2.24, 2.45) is 11.3 Å². The Hall–Kier alpha value is -1.33. The predicted octanol–water partition coefficient (Wildman–Crippen LogP) is 2.82. The van der Waals surface area contributed by atoms with Crippen LogP contribution in [-0.2, 0) is 4.79 Å². The number of hydrogen-bond acceptors (Lipinski definition) is 3. The summed E-state index contributed by atoms with van der Waals surface area (Å²) >= 11 is 0. The molecule has 128 valence electrons. The number of halogens is 2. The number of carbonyl (C=O) groups is 1. The molecule has 1 spiro atoms. The van der Waals surface area contributed by atoms with E-state index < -0.39 is 5.82 Å². The minimum absolute atomic E-state index is 0. The Kier molecular flexibility index (Phi) is 5.53. The lowest BCUT2D eigenvalue weighted by molar-refractivity contribution is -0.123. The Morgan fingerprint density at radius 3 is 2.74 bits per heavy atom. The summed E-state index contributed by atoms with van der Waals surface area (Å²) in [5, 5.41) is 6.37. The first-order valence-corrected chi connectivity index (χ1v) is 7.90. The van der Waals surface area contributed by atoms with Gasteiger partial charge in [0.25, 0.3) is 0 Å². The summed E-state index contributed by atoms with van der Waals surface area (Å²) in [6.45, 7) is 3.89. The average Bonchev–Trinajstić information content (AvgIpc) is 3.21. The van der Waals surface area contributed by atoms with E-state index in [0.717, 1.165) is 37.9 Å². The molecule has 0 bridgehead atoms. The first-order valence-electron chi connectivity index (χ1n) is 7.90. The molecule has 1 aliphatic heterocycles. The molecular formula is C17H24ClFN2O2. The molecule has 2 fully saturated rings. The maximum absolute atomic E-state index is 13.8. The van der Waals surface area contributed by atoms with Crippen LogP contribution in [0.5, 0.6) is 5.75 Å². The zero-order chi connectivity index (χ0) is 15.7. The molecule has 23 heavy (non-hydrogen) atoms. The van der Waals surface area contributed by atoms with Gasteiger partial charge in [-0.3, -0.25) is 4.79 Å². The van der Waals surface area contributed by atoms with Gasteiger partial charge in [0.1, 0.15) is 0 Å². The van der Waals surface area contributed by atoms with E-state index in [1.54, 1.807) is 12.1 Å². The number of carbonyl (C=O) groups excluding carboxylic acids is 1. The first kappa shape index (κ1) is 18.0. The Morgan fingerprint density at radius 2 is 2.13 bits per heavy atom. The van der Waals surface area contributed by atoms with Crippen LogP contribution in [0.15, 0.2) is 18.2 Å². The fraction of sp³-hybridized carbons (Fsp3) is 0.588. The molecule has 1 aromatic carbocycles. The van der Waals surface area contributed by atoms with Gasteiger partial charge in [-0.2, -0.15) is 0 Å². The van der Waals surface area contributed by atoms with Gasteiger partial charge >= 0.3 is 0 Å². The van der Waals surface area contributed by atoms with Gasteiger partial charge in [0, 0.05) is 5.92 Å². The Balaban J connectivity index is 0.00000192. The predicted molar refractivity (Wildman–Crippen MR) is 89.4 cm³/mol. The van der Waals surface area contributed by atoms with Crippen molar-refractivity contribution in [3.8, 4) is 5.75 Å². The van der Waals surface area contributed by atoms with Crippen molar-refractivity contribution >= 4 is 18.3 Å². The number of rotatable bonds is 4. The number of methoxy groups -OCH3 is 1. The molecule has 2 N–H and O–H groups in total. The zero-order valence-electron chi connectivity index (χ0n) is 13.5. The molecule has 6 heteroatoms. The third-order valence-corrected chi connectivity index (χ3v) is 5.14. The normalized spacial score (nSPS) is 22.8. The van der Waals surface area contributed by atoms with E-state index in [0.29, 0.717) is 0 Å². The number of hydrogen-bond donors (Lipinski definition) is 2. The van der Waals surface area contributed by atoms with Crippen LogP contribution in [0, 0.1) is 17.2 Å². The van der Waals surface area contributed by atoms with Crippen molar-refractivity contribution in [1.29, 1.82) is 0 Å². The summed E-state index contributed by atoms with van der Waals surface area (Å²) in [6, 6.07) is 4.61. The fourth-order valence-electron chi connectivity index (χ4n) is 3.54. The van der Waals surface area contributed by atoms with Crippen molar-refractivity contribution in [1.82, 2.24) is 10.6 Å². The number of benzene rings is 1. The maximum atomic E-state index is 13.8. The number of piperidine rings is 1. The minimum Gasteiger partial charge on any atom is -0.494 e. The smallest absolute Gasteiger partial charge is 0.224 e. The lowest BCUT2D eigenvalue weighted by atomic mass is 9.91. The van der Waals surface area contributed by atoms with E-state index in [2.05, 4.69) is 10.6 Å². The summed E-state index contributed by atoms with van der Waals surface area (Å²) in [6.07, 6.45) is 3.15. The van der Waals surface area contributed by atoms with Gasteiger partial charge < -0.3 is 15.4 Å². The summed E-state index contributed by atoms with van der Waals surface area (Å²) in [5.74, 6) is 0.0474. The van der Waals surface area contributed by atoms with Crippen LogP contribution in [0.1, 0.15) is 37.8 Å². The van der Waals surface area contributed by atoms with Gasteiger partial charge in [-0.1, -0.05) is 6.07 Å². The molecule has 2 unspecified atom stereocenters. The first-order chi connectivity index (χ1) is 10.6. The van der Waals surface area contributed by atoms with E-state index in [-0.39, 0.29) is 41.4 Å². The van der Waals surface area contributed by atoms with Crippen LogP contribution in [0.2, 0.25) is 0 Å². The molecular weight excluding hydrogens is 319 g/mol. The molecule has 1 amide bonds. The van der Waals surface area contributed by atoms with E-state index in [4.69, 9.17) is 4.74 Å². The molecule has 3 rings (SSSR count). The molecule has 2 aliphatic rings. The molecule has 1 heterocycles. The van der Waals surface area contributed by atoms with Crippen LogP contribution in [0.3, 0.4) is 0 Å². The molecule has 0 radical (unpaired) electrons. The minimum atomic E-state index is -0.401. The van der Waals surface area contributed by atoms with Crippen LogP contribution in [0.4, 0.5) is 4.39 Å². The standard InChI is InChI=1S/C17H23FN2O2.ClH/c1-11(12-3-4-15(22-2)14(18)9-12)20-16(21)13-10-17(13)5-7-19-8-6-17;/h3-4,9,11,13,19H,5-8,10H2,1-2H3,(H,20,21);1H. The van der Waals surface area contributed by atoms with Gasteiger partial charge in [-0.15, -0.1) is 12.4 Å². The van der Waals surface area contributed by atoms with Crippen LogP contribution >= 0.6 is 12.4 Å². The topological polar surface area (TPSA) is 50.4 Å². The van der Waals surface area contributed by atoms with Gasteiger partial charge in [0.15, 0.2) is 11.6 Å². The third-order valence-electron chi connectivity index (χ3n) is 5.14. The van der Waals surface area contributed by atoms with Gasteiger partial charge in [0.05, 0.1) is 13.2 Å². The van der Waals surface area contributed by atoms with Crippen LogP contribution in [-0.4, -0.2) is 26.1 Å². The Bertz CT molecular complexity index is 576. The second-order valence-corrected chi connectivity index (χ2v) is 6.49. The maximum Gasteiger partial charge on any atom is 0.224 e. The molecule has 4 nitrogen and oxygen atoms in total. The van der Waals surface area contributed by atoms with Crippen molar-refractivity contribution in [2.45, 2.75) is 32.2 Å². The molecule has 1 saturated carbocycles. The highest BCUT2D eigenvalue weighted by atomic mass is 35.5. The van der Waals surface area contributed by atoms with E-state index in [1.807, 2.05) is 6.92 Å². The molecule has 1 saturated heterocycles. The molecule has 1 aromatic rings. The SMILES string of the molecule is COc1ccc(C(C)NC(=O)C2CC23CCNCC3)cc1F.Cl. The summed E-state index contributed by atoms with van der Waals surface area (Å²) in [7, 11) is 1.44. The number of ether oxygens (including phenoxy) is 1. The molecule has 1 aliphatic carbocycles. The van der Waals surface area contributed by atoms with Crippen LogP contribution in [0.25, 0.3) is 0 Å². The summed E-state index contributed by atoms with van der Waals surface area (Å²) in [4.78, 5) is 12.4. The lowest BCUT2D eigenvalue weighted by Gasteiger charge is -2.24. The van der Waals surface area contributed by atoms with Crippen molar-refractivity contribution in [3.63, 3.8) is 0 Å². The highest BCUT2D eigenvalue weighted by molar-refractivity contribution is 5.85. The van der Waals surface area contributed by atoms with Gasteiger partial charge in [-0.25, -0.2) is 4.39 Å². The van der Waals surface area contributed by atoms with E-state index in [1.165, 1.54) is 13.2 Å². The lowest BCUT2D eigenvalue weighted by Crippen LogP contribution is -2.34. The van der Waals surface area contributed by atoms with Crippen molar-refractivity contribution < 1.29 is 13.9 Å². The Morgan fingerprint density at radius 1 is 1.43 bits per heavy atom. The second-order valence-electron chi connectivity index (χ2n) is 6.49. The van der Waals surface area contributed by atoms with Gasteiger partial charge in [-0.05, 0) is 62.4 Å². The third kappa shape index (κ3) is 3.61. The van der Waals surface area contributed by atoms with E-state index in [9.17, 15) is 9.18 Å². The quantitative estimate of drug-likeness (QED) is 0.884. The number of amides is 1. The van der Waals surface area contributed by atoms with Crippen molar-refractivity contribution in [3.05, 3.63) is 29.6 Å². The highest BCUT2D eigenvalue weighted by Crippen LogP contribution is 2.58. The van der Waals surface area contributed by atoms with Crippen LogP contribution < -0.4 is 15.4 Å². The Labute approximate surface area is 142 Å². The van der Waals surface area contributed by atoms with Crippen molar-refractivity contribution in [2.75, 3.05) is 20.2 Å². The fourth-order valence-corrected chi connectivity index (χ4v) is 3.54. The summed E-state index contributed by atoms with van der Waals surface area (Å²) < 4.78 is 18.7. The highest BCUT2D eigenvalue weighted by Gasteiger charge is 2.57. The molecule has 2 atom stereocenters. The average molecular weight is 343 g/mol. The summed E-state index contributed by atoms with van der Waals surface area (Å²) in [5.41, 5.74) is 0.979. The monoisotopic (exact) mass is 342 g/mol. The zero-order valence-corrected chi connectivity index (χ0v) is 14.3. The second kappa shape index (κ2) is 7.05. The largest absolute Gasteiger partial charge is 0.494 e.